The van der Waals surface area contributed by atoms with Crippen LogP contribution in [0.15, 0.2) is 36.4 Å². The number of sulfonamides is 1. The third kappa shape index (κ3) is 3.53. The molecule has 6 heteroatoms. The van der Waals surface area contributed by atoms with E-state index >= 15 is 0 Å². The fourth-order valence-electron chi connectivity index (χ4n) is 4.26. The molecular formula is C20H21Cl2NO2S. The molecule has 0 aromatic heterocycles. The van der Waals surface area contributed by atoms with Crippen molar-refractivity contribution in [2.75, 3.05) is 6.54 Å². The van der Waals surface area contributed by atoms with Crippen LogP contribution in [0.2, 0.25) is 10.0 Å². The maximum atomic E-state index is 13.1. The van der Waals surface area contributed by atoms with Crippen LogP contribution >= 0.6 is 23.2 Å². The Bertz CT molecular complexity index is 943. The summed E-state index contributed by atoms with van der Waals surface area (Å²) in [5.74, 6) is 0.434. The van der Waals surface area contributed by atoms with Gasteiger partial charge in [0.1, 0.15) is 0 Å². The zero-order valence-electron chi connectivity index (χ0n) is 14.4. The normalized spacial score (nSPS) is 20.5. The zero-order chi connectivity index (χ0) is 18.3. The van der Waals surface area contributed by atoms with Crippen LogP contribution in [-0.4, -0.2) is 19.3 Å². The van der Waals surface area contributed by atoms with Gasteiger partial charge in [0.25, 0.3) is 0 Å². The molecule has 2 aromatic carbocycles. The molecule has 4 rings (SSSR count). The summed E-state index contributed by atoms with van der Waals surface area (Å²) in [6.07, 6.45) is 4.35. The predicted molar refractivity (Wildman–Crippen MR) is 106 cm³/mol. The fraction of sp³-hybridized carbons (Fsp3) is 0.400. The number of benzene rings is 2. The van der Waals surface area contributed by atoms with Gasteiger partial charge in [0, 0.05) is 13.1 Å². The third-order valence-electron chi connectivity index (χ3n) is 5.49. The molecule has 2 aliphatic rings. The molecule has 1 aliphatic heterocycles. The lowest BCUT2D eigenvalue weighted by Gasteiger charge is -2.25. The van der Waals surface area contributed by atoms with Gasteiger partial charge in [0.15, 0.2) is 0 Å². The van der Waals surface area contributed by atoms with E-state index in [1.54, 1.807) is 22.5 Å². The van der Waals surface area contributed by atoms with Crippen molar-refractivity contribution in [1.82, 2.24) is 4.31 Å². The van der Waals surface area contributed by atoms with Gasteiger partial charge in [-0.25, -0.2) is 8.42 Å². The minimum Gasteiger partial charge on any atom is -0.212 e. The molecule has 0 radical (unpaired) electrons. The Kier molecular flexibility index (Phi) is 5.04. The number of hydrogen-bond acceptors (Lipinski definition) is 2. The lowest BCUT2D eigenvalue weighted by molar-refractivity contribution is 0.393. The Hall–Kier alpha value is -1.07. The first-order chi connectivity index (χ1) is 12.4. The van der Waals surface area contributed by atoms with Gasteiger partial charge in [0.2, 0.25) is 10.0 Å². The van der Waals surface area contributed by atoms with Crippen molar-refractivity contribution in [2.24, 2.45) is 0 Å². The molecule has 0 fully saturated rings. The molecular weight excluding hydrogens is 389 g/mol. The van der Waals surface area contributed by atoms with Crippen molar-refractivity contribution in [3.05, 3.63) is 68.7 Å². The van der Waals surface area contributed by atoms with Crippen LogP contribution in [0.25, 0.3) is 0 Å². The Morgan fingerprint density at radius 3 is 2.65 bits per heavy atom. The van der Waals surface area contributed by atoms with Crippen LogP contribution in [0.5, 0.6) is 0 Å². The van der Waals surface area contributed by atoms with E-state index in [-0.39, 0.29) is 5.75 Å². The molecule has 1 heterocycles. The summed E-state index contributed by atoms with van der Waals surface area (Å²) >= 11 is 12.0. The van der Waals surface area contributed by atoms with Crippen molar-refractivity contribution in [2.45, 2.75) is 43.9 Å². The second kappa shape index (κ2) is 7.16. The van der Waals surface area contributed by atoms with E-state index in [0.717, 1.165) is 19.3 Å². The first-order valence-electron chi connectivity index (χ1n) is 8.96. The van der Waals surface area contributed by atoms with Crippen LogP contribution in [0, 0.1) is 0 Å². The molecule has 1 unspecified atom stereocenters. The van der Waals surface area contributed by atoms with E-state index in [1.807, 2.05) is 0 Å². The van der Waals surface area contributed by atoms with Crippen molar-refractivity contribution >= 4 is 33.2 Å². The fourth-order valence-corrected chi connectivity index (χ4v) is 6.08. The van der Waals surface area contributed by atoms with Crippen LogP contribution in [-0.2, 0) is 28.7 Å². The highest BCUT2D eigenvalue weighted by Gasteiger charge is 2.31. The molecule has 0 bridgehead atoms. The number of nitrogens with zero attached hydrogens (tertiary/aromatic N) is 1. The van der Waals surface area contributed by atoms with E-state index in [9.17, 15) is 8.42 Å². The predicted octanol–water partition coefficient (Wildman–Crippen LogP) is 5.15. The average molecular weight is 410 g/mol. The third-order valence-corrected chi connectivity index (χ3v) is 8.03. The first-order valence-corrected chi connectivity index (χ1v) is 11.3. The van der Waals surface area contributed by atoms with Crippen LogP contribution < -0.4 is 0 Å². The topological polar surface area (TPSA) is 37.4 Å². The zero-order valence-corrected chi connectivity index (χ0v) is 16.7. The lowest BCUT2D eigenvalue weighted by Crippen LogP contribution is -2.32. The van der Waals surface area contributed by atoms with E-state index in [1.165, 1.54) is 23.1 Å². The Labute approximate surface area is 165 Å². The molecule has 26 heavy (non-hydrogen) atoms. The molecule has 3 nitrogen and oxygen atoms in total. The van der Waals surface area contributed by atoms with E-state index in [4.69, 9.17) is 23.2 Å². The molecule has 1 aliphatic carbocycles. The molecule has 138 valence electrons. The Balaban J connectivity index is 1.62. The monoisotopic (exact) mass is 409 g/mol. The summed E-state index contributed by atoms with van der Waals surface area (Å²) in [6.45, 7) is 1.03. The summed E-state index contributed by atoms with van der Waals surface area (Å²) < 4.78 is 27.8. The quantitative estimate of drug-likeness (QED) is 0.702. The summed E-state index contributed by atoms with van der Waals surface area (Å²) in [6, 6.07) is 11.4. The maximum absolute atomic E-state index is 13.1. The van der Waals surface area contributed by atoms with Crippen LogP contribution in [0.1, 0.15) is 47.4 Å². The highest BCUT2D eigenvalue weighted by Crippen LogP contribution is 2.39. The number of rotatable bonds is 3. The minimum atomic E-state index is -3.42. The van der Waals surface area contributed by atoms with Crippen molar-refractivity contribution in [1.29, 1.82) is 0 Å². The van der Waals surface area contributed by atoms with E-state index < -0.39 is 10.0 Å². The van der Waals surface area contributed by atoms with Gasteiger partial charge >= 0.3 is 0 Å². The molecule has 0 saturated heterocycles. The van der Waals surface area contributed by atoms with Gasteiger partial charge in [-0.05, 0) is 66.0 Å². The number of hydrogen-bond donors (Lipinski definition) is 0. The summed E-state index contributed by atoms with van der Waals surface area (Å²) in [5.41, 5.74) is 4.65. The van der Waals surface area contributed by atoms with Crippen molar-refractivity contribution in [3.63, 3.8) is 0 Å². The van der Waals surface area contributed by atoms with E-state index in [0.29, 0.717) is 34.6 Å². The van der Waals surface area contributed by atoms with Gasteiger partial charge in [0.05, 0.1) is 15.8 Å². The largest absolute Gasteiger partial charge is 0.218 e. The first kappa shape index (κ1) is 18.3. The summed E-state index contributed by atoms with van der Waals surface area (Å²) in [4.78, 5) is 0. The Morgan fingerprint density at radius 1 is 1.04 bits per heavy atom. The summed E-state index contributed by atoms with van der Waals surface area (Å²) in [7, 11) is -3.42. The van der Waals surface area contributed by atoms with Crippen LogP contribution in [0.3, 0.4) is 0 Å². The van der Waals surface area contributed by atoms with Gasteiger partial charge in [-0.3, -0.25) is 0 Å². The lowest BCUT2D eigenvalue weighted by atomic mass is 9.79. The second-order valence-electron chi connectivity index (χ2n) is 7.21. The summed E-state index contributed by atoms with van der Waals surface area (Å²) in [5, 5.41) is 0.821. The number of halogens is 2. The second-order valence-corrected chi connectivity index (χ2v) is 9.99. The molecule has 0 amide bonds. The molecule has 1 atom stereocenters. The minimum absolute atomic E-state index is 0.0520. The molecule has 0 saturated carbocycles. The van der Waals surface area contributed by atoms with Gasteiger partial charge in [-0.1, -0.05) is 47.5 Å². The van der Waals surface area contributed by atoms with E-state index in [2.05, 4.69) is 18.2 Å². The van der Waals surface area contributed by atoms with Gasteiger partial charge in [-0.15, -0.1) is 0 Å². The molecule has 2 aromatic rings. The van der Waals surface area contributed by atoms with Crippen molar-refractivity contribution < 1.29 is 8.42 Å². The number of aryl methyl sites for hydroxylation is 1. The van der Waals surface area contributed by atoms with Crippen molar-refractivity contribution in [3.8, 4) is 0 Å². The Morgan fingerprint density at radius 2 is 1.85 bits per heavy atom. The smallest absolute Gasteiger partial charge is 0.212 e. The molecule has 0 N–H and O–H groups in total. The standard InChI is InChI=1S/C20H21Cl2NO2S/c21-18-8-7-14(11-19(18)22)13-26(24,25)23-10-9-16-5-1-3-15-4-2-6-17(12-23)20(15)16/h2,4,6-8,11,16H,1,3,5,9-10,12-13H2. The SMILES string of the molecule is O=S(=O)(Cc1ccc(Cl)c(Cl)c1)N1CCC2CCCc3cccc(c32)C1. The molecule has 0 spiro atoms. The highest BCUT2D eigenvalue weighted by atomic mass is 35.5. The average Bonchev–Trinajstić information content (AvgIpc) is 2.80. The van der Waals surface area contributed by atoms with Crippen LogP contribution in [0.4, 0.5) is 0 Å². The highest BCUT2D eigenvalue weighted by molar-refractivity contribution is 7.88. The van der Waals surface area contributed by atoms with Gasteiger partial charge in [-0.2, -0.15) is 4.31 Å². The van der Waals surface area contributed by atoms with Gasteiger partial charge < -0.3 is 0 Å². The maximum Gasteiger partial charge on any atom is 0.218 e.